The van der Waals surface area contributed by atoms with Gasteiger partial charge in [-0.25, -0.2) is 4.79 Å². The Morgan fingerprint density at radius 2 is 1.85 bits per heavy atom. The van der Waals surface area contributed by atoms with Crippen LogP contribution in [0.3, 0.4) is 0 Å². The van der Waals surface area contributed by atoms with Crippen LogP contribution in [0.4, 0.5) is 0 Å². The van der Waals surface area contributed by atoms with E-state index < -0.39 is 5.76 Å². The van der Waals surface area contributed by atoms with Gasteiger partial charge in [0.1, 0.15) is 6.54 Å². The van der Waals surface area contributed by atoms with Crippen LogP contribution in [0.15, 0.2) is 33.5 Å². The van der Waals surface area contributed by atoms with Crippen molar-refractivity contribution in [2.75, 3.05) is 26.3 Å². The molecular weight excluding hydrogens is 264 g/mol. The number of amides is 1. The first-order valence-electron chi connectivity index (χ1n) is 6.25. The molecule has 0 spiro atoms. The summed E-state index contributed by atoms with van der Waals surface area (Å²) in [6.45, 7) is -0.358. The molecule has 1 aromatic heterocycles. The van der Waals surface area contributed by atoms with E-state index >= 15 is 0 Å². The van der Waals surface area contributed by atoms with Crippen molar-refractivity contribution in [3.05, 3.63) is 34.8 Å². The topological polar surface area (TPSA) is 95.9 Å². The van der Waals surface area contributed by atoms with Gasteiger partial charge in [0, 0.05) is 13.1 Å². The highest BCUT2D eigenvalue weighted by Crippen LogP contribution is 2.11. The molecule has 0 atom stereocenters. The Balaban J connectivity index is 2.24. The summed E-state index contributed by atoms with van der Waals surface area (Å²) in [7, 11) is 0. The average Bonchev–Trinajstić information content (AvgIpc) is 2.75. The number of oxazole rings is 1. The summed E-state index contributed by atoms with van der Waals surface area (Å²) in [6, 6.07) is 6.83. The van der Waals surface area contributed by atoms with Gasteiger partial charge < -0.3 is 19.5 Å². The van der Waals surface area contributed by atoms with E-state index in [9.17, 15) is 9.59 Å². The minimum Gasteiger partial charge on any atom is -0.408 e. The summed E-state index contributed by atoms with van der Waals surface area (Å²) < 4.78 is 6.27. The number of fused-ring (bicyclic) bond motifs is 1. The molecule has 0 bridgehead atoms. The molecule has 0 aliphatic heterocycles. The van der Waals surface area contributed by atoms with Gasteiger partial charge in [-0.15, -0.1) is 0 Å². The summed E-state index contributed by atoms with van der Waals surface area (Å²) in [5, 5.41) is 17.8. The van der Waals surface area contributed by atoms with Gasteiger partial charge in [0.15, 0.2) is 5.58 Å². The van der Waals surface area contributed by atoms with Gasteiger partial charge in [0.05, 0.1) is 18.7 Å². The minimum atomic E-state index is -0.604. The van der Waals surface area contributed by atoms with Crippen LogP contribution in [-0.2, 0) is 11.3 Å². The SMILES string of the molecule is O=C(Cn1c(=O)oc2ccccc21)N(CCO)CCO. The number of nitrogens with zero attached hydrogens (tertiary/aromatic N) is 2. The maximum atomic E-state index is 12.1. The van der Waals surface area contributed by atoms with Crippen LogP contribution >= 0.6 is 0 Å². The van der Waals surface area contributed by atoms with Crippen LogP contribution in [-0.4, -0.2) is 51.9 Å². The second kappa shape index (κ2) is 6.36. The van der Waals surface area contributed by atoms with Gasteiger partial charge in [-0.1, -0.05) is 12.1 Å². The summed E-state index contributed by atoms with van der Waals surface area (Å²) in [4.78, 5) is 25.1. The third-order valence-electron chi connectivity index (χ3n) is 2.96. The van der Waals surface area contributed by atoms with Gasteiger partial charge >= 0.3 is 5.76 Å². The molecule has 0 saturated heterocycles. The lowest BCUT2D eigenvalue weighted by Gasteiger charge is -2.20. The summed E-state index contributed by atoms with van der Waals surface area (Å²) in [5.41, 5.74) is 0.958. The Labute approximate surface area is 114 Å². The third kappa shape index (κ3) is 2.89. The Bertz CT molecular complexity index is 639. The fraction of sp³-hybridized carbons (Fsp3) is 0.385. The van der Waals surface area contributed by atoms with Crippen molar-refractivity contribution in [1.82, 2.24) is 9.47 Å². The largest absolute Gasteiger partial charge is 0.420 e. The molecule has 0 aliphatic rings. The quantitative estimate of drug-likeness (QED) is 0.737. The molecule has 0 unspecified atom stereocenters. The maximum Gasteiger partial charge on any atom is 0.420 e. The van der Waals surface area contributed by atoms with E-state index in [1.54, 1.807) is 24.3 Å². The second-order valence-corrected chi connectivity index (χ2v) is 4.25. The van der Waals surface area contributed by atoms with Crippen molar-refractivity contribution in [3.63, 3.8) is 0 Å². The smallest absolute Gasteiger partial charge is 0.408 e. The number of aliphatic hydroxyl groups excluding tert-OH is 2. The Morgan fingerprint density at radius 1 is 1.20 bits per heavy atom. The number of para-hydroxylation sites is 2. The molecule has 20 heavy (non-hydrogen) atoms. The van der Waals surface area contributed by atoms with Gasteiger partial charge in [0.2, 0.25) is 5.91 Å². The van der Waals surface area contributed by atoms with Crippen LogP contribution < -0.4 is 5.76 Å². The molecule has 0 saturated carbocycles. The zero-order chi connectivity index (χ0) is 14.5. The summed E-state index contributed by atoms with van der Waals surface area (Å²) in [5.74, 6) is -0.964. The van der Waals surface area contributed by atoms with Crippen LogP contribution in [0.25, 0.3) is 11.1 Å². The van der Waals surface area contributed by atoms with Crippen LogP contribution in [0.1, 0.15) is 0 Å². The van der Waals surface area contributed by atoms with E-state index in [-0.39, 0.29) is 38.8 Å². The van der Waals surface area contributed by atoms with Crippen molar-refractivity contribution < 1.29 is 19.4 Å². The van der Waals surface area contributed by atoms with Gasteiger partial charge in [-0.2, -0.15) is 0 Å². The normalized spacial score (nSPS) is 10.9. The monoisotopic (exact) mass is 280 g/mol. The fourth-order valence-corrected chi connectivity index (χ4v) is 2.00. The molecule has 7 nitrogen and oxygen atoms in total. The lowest BCUT2D eigenvalue weighted by molar-refractivity contribution is -0.132. The number of hydrogen-bond acceptors (Lipinski definition) is 5. The van der Waals surface area contributed by atoms with Crippen LogP contribution in [0.5, 0.6) is 0 Å². The number of rotatable bonds is 6. The molecule has 1 aromatic carbocycles. The van der Waals surface area contributed by atoms with Gasteiger partial charge in [-0.3, -0.25) is 9.36 Å². The first kappa shape index (κ1) is 14.3. The van der Waals surface area contributed by atoms with E-state index in [1.165, 1.54) is 9.47 Å². The molecule has 2 N–H and O–H groups in total. The third-order valence-corrected chi connectivity index (χ3v) is 2.96. The zero-order valence-corrected chi connectivity index (χ0v) is 10.9. The highest BCUT2D eigenvalue weighted by Gasteiger charge is 2.17. The molecule has 0 fully saturated rings. The standard InChI is InChI=1S/C13H16N2O5/c16-7-5-14(6-8-17)12(18)9-15-10-3-1-2-4-11(10)20-13(15)19/h1-4,16-17H,5-9H2. The molecule has 0 aliphatic carbocycles. The average molecular weight is 280 g/mol. The molecule has 2 rings (SSSR count). The summed E-state index contributed by atoms with van der Waals surface area (Å²) >= 11 is 0. The number of carbonyl (C=O) groups is 1. The van der Waals surface area contributed by atoms with Gasteiger partial charge in [0.25, 0.3) is 0 Å². The molecule has 1 amide bonds. The lowest BCUT2D eigenvalue weighted by atomic mass is 10.3. The van der Waals surface area contributed by atoms with Crippen molar-refractivity contribution in [2.24, 2.45) is 0 Å². The van der Waals surface area contributed by atoms with Crippen molar-refractivity contribution in [3.8, 4) is 0 Å². The molecule has 108 valence electrons. The zero-order valence-electron chi connectivity index (χ0n) is 10.9. The first-order valence-corrected chi connectivity index (χ1v) is 6.25. The van der Waals surface area contributed by atoms with Crippen LogP contribution in [0.2, 0.25) is 0 Å². The Hall–Kier alpha value is -2.12. The molecule has 1 heterocycles. The Kier molecular flexibility index (Phi) is 4.54. The highest BCUT2D eigenvalue weighted by molar-refractivity contribution is 5.79. The van der Waals surface area contributed by atoms with E-state index in [4.69, 9.17) is 14.6 Å². The number of aromatic nitrogens is 1. The Morgan fingerprint density at radius 3 is 2.50 bits per heavy atom. The molecule has 2 aromatic rings. The predicted octanol–water partition coefficient (Wildman–Crippen LogP) is -0.592. The molecular formula is C13H16N2O5. The predicted molar refractivity (Wildman–Crippen MR) is 71.2 cm³/mol. The number of aliphatic hydroxyl groups is 2. The number of hydrogen-bond donors (Lipinski definition) is 2. The van der Waals surface area contributed by atoms with E-state index in [1.807, 2.05) is 0 Å². The first-order chi connectivity index (χ1) is 9.67. The highest BCUT2D eigenvalue weighted by atomic mass is 16.4. The minimum absolute atomic E-state index is 0.115. The molecule has 0 radical (unpaired) electrons. The number of benzene rings is 1. The number of carbonyl (C=O) groups excluding carboxylic acids is 1. The van der Waals surface area contributed by atoms with E-state index in [2.05, 4.69) is 0 Å². The van der Waals surface area contributed by atoms with E-state index in [0.717, 1.165) is 0 Å². The molecule has 7 heteroatoms. The van der Waals surface area contributed by atoms with Crippen molar-refractivity contribution in [1.29, 1.82) is 0 Å². The van der Waals surface area contributed by atoms with Crippen LogP contribution in [0, 0.1) is 0 Å². The van der Waals surface area contributed by atoms with Crippen molar-refractivity contribution in [2.45, 2.75) is 6.54 Å². The fourth-order valence-electron chi connectivity index (χ4n) is 2.00. The summed E-state index contributed by atoms with van der Waals surface area (Å²) in [6.07, 6.45) is 0. The van der Waals surface area contributed by atoms with Gasteiger partial charge in [-0.05, 0) is 12.1 Å². The second-order valence-electron chi connectivity index (χ2n) is 4.25. The van der Waals surface area contributed by atoms with E-state index in [0.29, 0.717) is 11.1 Å². The van der Waals surface area contributed by atoms with Crippen molar-refractivity contribution >= 4 is 17.0 Å². The lowest BCUT2D eigenvalue weighted by Crippen LogP contribution is -2.39. The maximum absolute atomic E-state index is 12.1.